The van der Waals surface area contributed by atoms with E-state index >= 15 is 0 Å². The summed E-state index contributed by atoms with van der Waals surface area (Å²) in [7, 11) is 0. The molecule has 0 amide bonds. The van der Waals surface area contributed by atoms with Gasteiger partial charge < -0.3 is 14.6 Å². The van der Waals surface area contributed by atoms with E-state index in [-0.39, 0.29) is 6.61 Å². The van der Waals surface area contributed by atoms with Gasteiger partial charge in [-0.3, -0.25) is 0 Å². The van der Waals surface area contributed by atoms with Gasteiger partial charge in [0.15, 0.2) is 0 Å². The first-order valence-electron chi connectivity index (χ1n) is 6.31. The van der Waals surface area contributed by atoms with E-state index in [1.165, 1.54) is 0 Å². The molecule has 1 heterocycles. The molecule has 0 bridgehead atoms. The maximum Gasteiger partial charge on any atom is 0.148 e. The molecule has 0 saturated heterocycles. The predicted octanol–water partition coefficient (Wildman–Crippen LogP) is 2.45. The maximum atomic E-state index is 5.53. The minimum atomic E-state index is 0.281. The first-order chi connectivity index (χ1) is 9.79. The van der Waals surface area contributed by atoms with Crippen molar-refractivity contribution in [3.8, 4) is 18.1 Å². The molecule has 0 unspecified atom stereocenters. The maximum absolute atomic E-state index is 5.53. The van der Waals surface area contributed by atoms with Crippen LogP contribution in [0.1, 0.15) is 5.56 Å². The van der Waals surface area contributed by atoms with Crippen molar-refractivity contribution in [2.75, 3.05) is 13.2 Å². The Kier molecular flexibility index (Phi) is 5.66. The van der Waals surface area contributed by atoms with Crippen molar-refractivity contribution >= 4 is 15.9 Å². The number of rotatable bonds is 7. The van der Waals surface area contributed by atoms with Crippen LogP contribution in [0.2, 0.25) is 0 Å². The summed E-state index contributed by atoms with van der Waals surface area (Å²) >= 11 is 3.47. The SMILES string of the molecule is C#CCOc1ccc(Br)cc1CNCCn1ccnc1. The Bertz CT molecular complexity index is 575. The van der Waals surface area contributed by atoms with Crippen LogP contribution < -0.4 is 10.1 Å². The average molecular weight is 334 g/mol. The minimum absolute atomic E-state index is 0.281. The molecule has 20 heavy (non-hydrogen) atoms. The van der Waals surface area contributed by atoms with E-state index in [9.17, 15) is 0 Å². The predicted molar refractivity (Wildman–Crippen MR) is 82.4 cm³/mol. The van der Waals surface area contributed by atoms with Gasteiger partial charge in [0.25, 0.3) is 0 Å². The zero-order valence-corrected chi connectivity index (χ0v) is 12.6. The Morgan fingerprint density at radius 3 is 3.10 bits per heavy atom. The minimum Gasteiger partial charge on any atom is -0.481 e. The van der Waals surface area contributed by atoms with Gasteiger partial charge in [-0.1, -0.05) is 21.9 Å². The fourth-order valence-electron chi connectivity index (χ4n) is 1.80. The van der Waals surface area contributed by atoms with E-state index in [1.54, 1.807) is 6.20 Å². The third kappa shape index (κ3) is 4.41. The van der Waals surface area contributed by atoms with Crippen LogP contribution in [0.4, 0.5) is 0 Å². The molecular weight excluding hydrogens is 318 g/mol. The quantitative estimate of drug-likeness (QED) is 0.624. The van der Waals surface area contributed by atoms with Crippen molar-refractivity contribution < 1.29 is 4.74 Å². The van der Waals surface area contributed by atoms with Crippen molar-refractivity contribution in [1.82, 2.24) is 14.9 Å². The standard InChI is InChI=1S/C15H16BrN3O/c1-2-9-20-15-4-3-14(16)10-13(15)11-17-5-7-19-8-6-18-12-19/h1,3-4,6,8,10,12,17H,5,7,9,11H2. The molecule has 2 aromatic rings. The fourth-order valence-corrected chi connectivity index (χ4v) is 2.21. The van der Waals surface area contributed by atoms with E-state index in [2.05, 4.69) is 32.2 Å². The van der Waals surface area contributed by atoms with Crippen LogP contribution in [0, 0.1) is 12.3 Å². The second-order valence-corrected chi connectivity index (χ2v) is 5.14. The molecule has 1 aromatic carbocycles. The van der Waals surface area contributed by atoms with Crippen LogP contribution in [0.25, 0.3) is 0 Å². The van der Waals surface area contributed by atoms with Gasteiger partial charge in [0.05, 0.1) is 6.33 Å². The van der Waals surface area contributed by atoms with Gasteiger partial charge in [0.1, 0.15) is 12.4 Å². The molecule has 0 saturated carbocycles. The summed E-state index contributed by atoms with van der Waals surface area (Å²) in [5.74, 6) is 3.30. The Hall–Kier alpha value is -1.77. The number of terminal acetylenes is 1. The van der Waals surface area contributed by atoms with Gasteiger partial charge in [-0.2, -0.15) is 0 Å². The van der Waals surface area contributed by atoms with E-state index in [0.29, 0.717) is 0 Å². The fraction of sp³-hybridized carbons (Fsp3) is 0.267. The van der Waals surface area contributed by atoms with Gasteiger partial charge in [0.2, 0.25) is 0 Å². The normalized spacial score (nSPS) is 10.2. The lowest BCUT2D eigenvalue weighted by Crippen LogP contribution is -2.19. The van der Waals surface area contributed by atoms with Crippen LogP contribution in [0.5, 0.6) is 5.75 Å². The number of benzene rings is 1. The van der Waals surface area contributed by atoms with Crippen molar-refractivity contribution in [3.63, 3.8) is 0 Å². The van der Waals surface area contributed by atoms with E-state index in [0.717, 1.165) is 35.4 Å². The van der Waals surface area contributed by atoms with E-state index in [4.69, 9.17) is 11.2 Å². The van der Waals surface area contributed by atoms with Crippen molar-refractivity contribution in [2.45, 2.75) is 13.1 Å². The van der Waals surface area contributed by atoms with E-state index < -0.39 is 0 Å². The lowest BCUT2D eigenvalue weighted by atomic mass is 10.2. The molecule has 0 fully saturated rings. The summed E-state index contributed by atoms with van der Waals surface area (Å²) < 4.78 is 8.59. The number of aromatic nitrogens is 2. The number of halogens is 1. The summed E-state index contributed by atoms with van der Waals surface area (Å²) in [6.07, 6.45) is 10.8. The Morgan fingerprint density at radius 1 is 1.45 bits per heavy atom. The topological polar surface area (TPSA) is 39.1 Å². The summed E-state index contributed by atoms with van der Waals surface area (Å²) in [6, 6.07) is 5.91. The zero-order chi connectivity index (χ0) is 14.2. The summed E-state index contributed by atoms with van der Waals surface area (Å²) in [4.78, 5) is 4.01. The molecular formula is C15H16BrN3O. The van der Waals surface area contributed by atoms with Crippen LogP contribution >= 0.6 is 15.9 Å². The Labute approximate surface area is 127 Å². The molecule has 0 aliphatic carbocycles. The summed E-state index contributed by atoms with van der Waals surface area (Å²) in [6.45, 7) is 2.75. The molecule has 0 spiro atoms. The highest BCUT2D eigenvalue weighted by Crippen LogP contribution is 2.23. The van der Waals surface area contributed by atoms with Gasteiger partial charge in [-0.15, -0.1) is 6.42 Å². The highest BCUT2D eigenvalue weighted by Gasteiger charge is 2.04. The average Bonchev–Trinajstić information content (AvgIpc) is 2.96. The second-order valence-electron chi connectivity index (χ2n) is 4.22. The van der Waals surface area contributed by atoms with E-state index in [1.807, 2.05) is 35.3 Å². The lowest BCUT2D eigenvalue weighted by molar-refractivity contribution is 0.364. The molecule has 1 N–H and O–H groups in total. The molecule has 4 nitrogen and oxygen atoms in total. The van der Waals surface area contributed by atoms with Crippen LogP contribution in [-0.2, 0) is 13.1 Å². The van der Waals surface area contributed by atoms with Gasteiger partial charge in [-0.05, 0) is 18.2 Å². The highest BCUT2D eigenvalue weighted by atomic mass is 79.9. The number of hydrogen-bond acceptors (Lipinski definition) is 3. The number of nitrogens with one attached hydrogen (secondary N) is 1. The third-order valence-electron chi connectivity index (χ3n) is 2.75. The van der Waals surface area contributed by atoms with Crippen LogP contribution in [0.3, 0.4) is 0 Å². The first-order valence-corrected chi connectivity index (χ1v) is 7.10. The number of hydrogen-bond donors (Lipinski definition) is 1. The summed E-state index contributed by atoms with van der Waals surface area (Å²) in [5, 5.41) is 3.38. The second kappa shape index (κ2) is 7.73. The molecule has 1 aromatic heterocycles. The van der Waals surface area contributed by atoms with Crippen LogP contribution in [-0.4, -0.2) is 22.7 Å². The molecule has 5 heteroatoms. The number of nitrogens with zero attached hydrogens (tertiary/aromatic N) is 2. The molecule has 0 aliphatic rings. The van der Waals surface area contributed by atoms with Crippen molar-refractivity contribution in [3.05, 3.63) is 47.0 Å². The lowest BCUT2D eigenvalue weighted by Gasteiger charge is -2.11. The number of imidazole rings is 1. The number of ether oxygens (including phenoxy) is 1. The van der Waals surface area contributed by atoms with Crippen molar-refractivity contribution in [1.29, 1.82) is 0 Å². The smallest absolute Gasteiger partial charge is 0.148 e. The van der Waals surface area contributed by atoms with Gasteiger partial charge in [-0.25, -0.2) is 4.98 Å². The molecule has 2 rings (SSSR count). The highest BCUT2D eigenvalue weighted by molar-refractivity contribution is 9.10. The molecule has 0 aliphatic heterocycles. The van der Waals surface area contributed by atoms with Gasteiger partial charge >= 0.3 is 0 Å². The largest absolute Gasteiger partial charge is 0.481 e. The van der Waals surface area contributed by atoms with Crippen LogP contribution in [0.15, 0.2) is 41.4 Å². The monoisotopic (exact) mass is 333 g/mol. The molecule has 0 atom stereocenters. The zero-order valence-electron chi connectivity index (χ0n) is 11.1. The Morgan fingerprint density at radius 2 is 2.35 bits per heavy atom. The molecule has 0 radical (unpaired) electrons. The third-order valence-corrected chi connectivity index (χ3v) is 3.25. The van der Waals surface area contributed by atoms with Crippen molar-refractivity contribution in [2.24, 2.45) is 0 Å². The first kappa shape index (κ1) is 14.6. The van der Waals surface area contributed by atoms with Gasteiger partial charge in [0, 0.05) is 42.1 Å². The Balaban J connectivity index is 1.87. The summed E-state index contributed by atoms with van der Waals surface area (Å²) in [5.41, 5.74) is 1.08. The molecule has 104 valence electrons.